The summed E-state index contributed by atoms with van der Waals surface area (Å²) in [5.41, 5.74) is 10.4. The van der Waals surface area contributed by atoms with Crippen molar-refractivity contribution < 1.29 is 14.2 Å². The smallest absolute Gasteiger partial charge is 0.178 e. The predicted molar refractivity (Wildman–Crippen MR) is 172 cm³/mol. The molecule has 0 aromatic heterocycles. The average molecular weight is 553 g/mol. The Morgan fingerprint density at radius 1 is 0.714 bits per heavy atom. The van der Waals surface area contributed by atoms with Gasteiger partial charge in [0.25, 0.3) is 0 Å². The fourth-order valence-corrected chi connectivity index (χ4v) is 7.14. The lowest BCUT2D eigenvalue weighted by Gasteiger charge is -2.39. The lowest BCUT2D eigenvalue weighted by Crippen LogP contribution is -2.35. The Bertz CT molecular complexity index is 1880. The molecule has 7 rings (SSSR count). The quantitative estimate of drug-likeness (QED) is 0.217. The highest BCUT2D eigenvalue weighted by molar-refractivity contribution is 6.08. The molecule has 2 atom stereocenters. The van der Waals surface area contributed by atoms with E-state index in [4.69, 9.17) is 14.2 Å². The van der Waals surface area contributed by atoms with Crippen LogP contribution in [0.4, 0.5) is 0 Å². The molecule has 210 valence electrons. The van der Waals surface area contributed by atoms with Crippen LogP contribution in [-0.2, 0) is 15.9 Å². The summed E-state index contributed by atoms with van der Waals surface area (Å²) < 4.78 is 19.5. The van der Waals surface area contributed by atoms with Crippen molar-refractivity contribution in [3.63, 3.8) is 0 Å². The van der Waals surface area contributed by atoms with Gasteiger partial charge in [-0.05, 0) is 73.5 Å². The number of fused-ring (bicyclic) bond motifs is 8. The first-order chi connectivity index (χ1) is 20.3. The van der Waals surface area contributed by atoms with Crippen molar-refractivity contribution in [1.29, 1.82) is 0 Å². The van der Waals surface area contributed by atoms with Crippen molar-refractivity contribution in [2.75, 3.05) is 14.2 Å². The second-order valence-electron chi connectivity index (χ2n) is 11.7. The number of methoxy groups -OCH3 is 2. The molecule has 1 heterocycles. The predicted octanol–water partition coefficient (Wildman–Crippen LogP) is 9.40. The third-order valence-electron chi connectivity index (χ3n) is 9.33. The summed E-state index contributed by atoms with van der Waals surface area (Å²) in [7, 11) is 3.54. The first-order valence-corrected chi connectivity index (χ1v) is 14.7. The van der Waals surface area contributed by atoms with Gasteiger partial charge >= 0.3 is 0 Å². The first-order valence-electron chi connectivity index (χ1n) is 14.7. The summed E-state index contributed by atoms with van der Waals surface area (Å²) >= 11 is 0. The van der Waals surface area contributed by atoms with Crippen molar-refractivity contribution in [2.24, 2.45) is 0 Å². The van der Waals surface area contributed by atoms with E-state index in [0.717, 1.165) is 40.0 Å². The van der Waals surface area contributed by atoms with Gasteiger partial charge in [0.1, 0.15) is 17.1 Å². The number of benzene rings is 5. The summed E-state index contributed by atoms with van der Waals surface area (Å²) in [6, 6.07) is 30.4. The van der Waals surface area contributed by atoms with E-state index in [0.29, 0.717) is 0 Å². The fraction of sp³-hybridized carbons (Fsp3) is 0.231. The molecule has 3 heteroatoms. The van der Waals surface area contributed by atoms with Crippen molar-refractivity contribution in [2.45, 2.75) is 45.3 Å². The van der Waals surface area contributed by atoms with Crippen LogP contribution in [0.2, 0.25) is 0 Å². The maximum absolute atomic E-state index is 7.42. The van der Waals surface area contributed by atoms with Crippen LogP contribution >= 0.6 is 0 Å². The molecular weight excluding hydrogens is 516 g/mol. The molecule has 0 spiro atoms. The number of hydrogen-bond donors (Lipinski definition) is 0. The minimum atomic E-state index is -0.818. The largest absolute Gasteiger partial charge is 0.497 e. The molecule has 2 unspecified atom stereocenters. The zero-order chi connectivity index (χ0) is 29.2. The van der Waals surface area contributed by atoms with Gasteiger partial charge < -0.3 is 14.2 Å². The third kappa shape index (κ3) is 3.63. The van der Waals surface area contributed by atoms with E-state index in [-0.39, 0.29) is 0 Å². The van der Waals surface area contributed by atoms with Crippen LogP contribution in [0.3, 0.4) is 0 Å². The highest BCUT2D eigenvalue weighted by Crippen LogP contribution is 2.59. The van der Waals surface area contributed by atoms with Crippen molar-refractivity contribution in [1.82, 2.24) is 0 Å². The van der Waals surface area contributed by atoms with E-state index >= 15 is 0 Å². The molecule has 0 bridgehead atoms. The highest BCUT2D eigenvalue weighted by atomic mass is 16.5. The van der Waals surface area contributed by atoms with Gasteiger partial charge in [0.2, 0.25) is 0 Å². The van der Waals surface area contributed by atoms with Crippen molar-refractivity contribution in [3.8, 4) is 22.6 Å². The van der Waals surface area contributed by atoms with Crippen LogP contribution in [0.5, 0.6) is 11.5 Å². The van der Waals surface area contributed by atoms with E-state index in [1.807, 2.05) is 19.2 Å². The normalized spacial score (nSPS) is 20.1. The van der Waals surface area contributed by atoms with Crippen molar-refractivity contribution >= 4 is 16.8 Å². The standard InChI is InChI=1S/C39H36O3/c1-7-38(41-6)34-23-26(4)11-19-31(34)35-30-18-10-25(3)22-33(30)37-32(36(35)38)20-21-39(42-37,27-12-8-24(2)9-13-27)28-14-16-29(40-5)17-15-28/h8-23H,7H2,1-6H3. The molecule has 1 aliphatic carbocycles. The van der Waals surface area contributed by atoms with Gasteiger partial charge in [-0.25, -0.2) is 0 Å². The molecule has 0 N–H and O–H groups in total. The van der Waals surface area contributed by atoms with Crippen LogP contribution in [0.15, 0.2) is 91.0 Å². The van der Waals surface area contributed by atoms with Gasteiger partial charge in [-0.15, -0.1) is 0 Å². The molecule has 0 amide bonds. The van der Waals surface area contributed by atoms with Gasteiger partial charge in [-0.3, -0.25) is 0 Å². The maximum Gasteiger partial charge on any atom is 0.178 e. The van der Waals surface area contributed by atoms with E-state index in [1.54, 1.807) is 7.11 Å². The van der Waals surface area contributed by atoms with Crippen LogP contribution in [0, 0.1) is 20.8 Å². The molecule has 5 aromatic carbocycles. The van der Waals surface area contributed by atoms with Crippen LogP contribution in [0.1, 0.15) is 57.9 Å². The van der Waals surface area contributed by atoms with Gasteiger partial charge in [-0.1, -0.05) is 96.4 Å². The summed E-state index contributed by atoms with van der Waals surface area (Å²) in [4.78, 5) is 0. The SMILES string of the molecule is CCC1(OC)c2cc(C)ccc2-c2c1c1c(c3cc(C)ccc23)OC(c2ccc(C)cc2)(c2ccc(OC)cc2)C=C1. The first kappa shape index (κ1) is 26.6. The lowest BCUT2D eigenvalue weighted by atomic mass is 9.79. The summed E-state index contributed by atoms with van der Waals surface area (Å²) in [6.07, 6.45) is 5.33. The number of rotatable bonds is 5. The second kappa shape index (κ2) is 9.61. The molecule has 3 nitrogen and oxygen atoms in total. The number of aryl methyl sites for hydroxylation is 3. The van der Waals surface area contributed by atoms with E-state index in [1.165, 1.54) is 44.3 Å². The Hall–Kier alpha value is -4.34. The zero-order valence-electron chi connectivity index (χ0n) is 25.2. The average Bonchev–Trinajstić information content (AvgIpc) is 3.31. The molecule has 42 heavy (non-hydrogen) atoms. The highest BCUT2D eigenvalue weighted by Gasteiger charge is 2.48. The molecule has 0 saturated carbocycles. The maximum atomic E-state index is 7.42. The molecule has 1 aliphatic heterocycles. The number of ether oxygens (including phenoxy) is 3. The van der Waals surface area contributed by atoms with Crippen LogP contribution in [0.25, 0.3) is 28.0 Å². The van der Waals surface area contributed by atoms with Gasteiger partial charge in [0.15, 0.2) is 5.60 Å². The summed E-state index contributed by atoms with van der Waals surface area (Å²) in [5, 5.41) is 2.31. The van der Waals surface area contributed by atoms with Crippen LogP contribution in [-0.4, -0.2) is 14.2 Å². The lowest BCUT2D eigenvalue weighted by molar-refractivity contribution is 0.0219. The van der Waals surface area contributed by atoms with Crippen molar-refractivity contribution in [3.05, 3.63) is 136 Å². The van der Waals surface area contributed by atoms with E-state index < -0.39 is 11.2 Å². The second-order valence-corrected chi connectivity index (χ2v) is 11.7. The van der Waals surface area contributed by atoms with E-state index in [2.05, 4.69) is 113 Å². The Balaban J connectivity index is 1.58. The van der Waals surface area contributed by atoms with Gasteiger partial charge in [0, 0.05) is 34.7 Å². The molecule has 0 fully saturated rings. The van der Waals surface area contributed by atoms with Gasteiger partial charge in [0.05, 0.1) is 7.11 Å². The molecular formula is C39H36O3. The monoisotopic (exact) mass is 552 g/mol. The Kier molecular flexibility index (Phi) is 6.07. The molecule has 2 aliphatic rings. The number of hydrogen-bond acceptors (Lipinski definition) is 3. The molecule has 0 saturated heterocycles. The Labute approximate surface area is 248 Å². The topological polar surface area (TPSA) is 27.7 Å². The van der Waals surface area contributed by atoms with Crippen LogP contribution < -0.4 is 9.47 Å². The minimum Gasteiger partial charge on any atom is -0.497 e. The Morgan fingerprint density at radius 3 is 2.02 bits per heavy atom. The van der Waals surface area contributed by atoms with E-state index in [9.17, 15) is 0 Å². The Morgan fingerprint density at radius 2 is 1.36 bits per heavy atom. The summed E-state index contributed by atoms with van der Waals surface area (Å²) in [6.45, 7) is 8.64. The zero-order valence-corrected chi connectivity index (χ0v) is 25.2. The minimum absolute atomic E-state index is 0.572. The third-order valence-corrected chi connectivity index (χ3v) is 9.33. The molecule has 0 radical (unpaired) electrons. The molecule has 5 aromatic rings. The fourth-order valence-electron chi connectivity index (χ4n) is 7.14. The van der Waals surface area contributed by atoms with Gasteiger partial charge in [-0.2, -0.15) is 0 Å². The summed E-state index contributed by atoms with van der Waals surface area (Å²) in [5.74, 6) is 1.71.